The van der Waals surface area contributed by atoms with Crippen molar-refractivity contribution < 1.29 is 28.8 Å². The van der Waals surface area contributed by atoms with Crippen LogP contribution in [0.5, 0.6) is 0 Å². The van der Waals surface area contributed by atoms with Crippen molar-refractivity contribution in [2.75, 3.05) is 26.2 Å². The van der Waals surface area contributed by atoms with Gasteiger partial charge in [-0.05, 0) is 44.8 Å². The van der Waals surface area contributed by atoms with E-state index in [-0.39, 0.29) is 24.4 Å². The largest absolute Gasteiger partial charge is 1.00 e. The van der Waals surface area contributed by atoms with Crippen LogP contribution in [0, 0.1) is 12.8 Å². The molecule has 4 heterocycles. The molecule has 5 rings (SSSR count). The van der Waals surface area contributed by atoms with Gasteiger partial charge in [-0.15, -0.1) is 0 Å². The first-order chi connectivity index (χ1) is 11.6. The summed E-state index contributed by atoms with van der Waals surface area (Å²) in [6.45, 7) is 7.08. The number of carboxylic acids is 1. The fraction of sp³-hybridized carbons (Fsp3) is 0.556. The van der Waals surface area contributed by atoms with E-state index >= 15 is 0 Å². The monoisotopic (exact) mass is 334 g/mol. The third-order valence-corrected chi connectivity index (χ3v) is 5.58. The average molecular weight is 334 g/mol. The molecule has 0 aliphatic carbocycles. The Hall–Kier alpha value is -1.32. The van der Waals surface area contributed by atoms with Crippen molar-refractivity contribution in [3.63, 3.8) is 0 Å². The van der Waals surface area contributed by atoms with Crippen molar-refractivity contribution in [2.24, 2.45) is 5.92 Å². The first kappa shape index (κ1) is 18.5. The van der Waals surface area contributed by atoms with E-state index < -0.39 is 5.97 Å². The minimum atomic E-state index is -1.15. The van der Waals surface area contributed by atoms with E-state index in [2.05, 4.69) is 15.2 Å². The number of benzene rings is 1. The van der Waals surface area contributed by atoms with Gasteiger partial charge in [-0.3, -0.25) is 0 Å². The van der Waals surface area contributed by atoms with Gasteiger partial charge in [0, 0.05) is 31.2 Å². The number of carbonyl (C=O) groups excluding carboxylic acids is 1. The topological polar surface area (TPSA) is 73.2 Å². The molecule has 3 aliphatic heterocycles. The predicted octanol–water partition coefficient (Wildman–Crippen LogP) is -2.60. The van der Waals surface area contributed by atoms with Gasteiger partial charge in [0.05, 0.1) is 17.0 Å². The minimum absolute atomic E-state index is 0. The number of para-hydroxylation sites is 1. The number of aromatic carboxylic acids is 1. The van der Waals surface area contributed by atoms with Gasteiger partial charge in [-0.2, -0.15) is 0 Å². The summed E-state index contributed by atoms with van der Waals surface area (Å²) in [4.78, 5) is 18.4. The molecule has 2 bridgehead atoms. The summed E-state index contributed by atoms with van der Waals surface area (Å²) in [5.74, 6) is 0.482. The van der Waals surface area contributed by atoms with Gasteiger partial charge >= 0.3 is 18.9 Å². The second-order valence-electron chi connectivity index (χ2n) is 6.97. The molecule has 0 saturated carbocycles. The maximum absolute atomic E-state index is 11.4. The number of aromatic nitrogens is 2. The quantitative estimate of drug-likeness (QED) is 0.607. The van der Waals surface area contributed by atoms with Crippen LogP contribution in [0.25, 0.3) is 11.0 Å². The van der Waals surface area contributed by atoms with Crippen molar-refractivity contribution >= 4 is 17.0 Å². The van der Waals surface area contributed by atoms with Gasteiger partial charge in [-0.1, -0.05) is 12.1 Å². The molecule has 0 radical (unpaired) electrons. The Balaban J connectivity index is 0.00000182. The van der Waals surface area contributed by atoms with E-state index in [1.54, 1.807) is 12.1 Å². The number of hydrogen-bond donors (Lipinski definition) is 1. The summed E-state index contributed by atoms with van der Waals surface area (Å²) in [7, 11) is 0. The zero-order valence-electron chi connectivity index (χ0n) is 15.0. The Kier molecular flexibility index (Phi) is 5.55. The molecule has 0 amide bonds. The Labute approximate surface area is 159 Å². The van der Waals surface area contributed by atoms with Crippen LogP contribution in [-0.4, -0.2) is 52.6 Å². The van der Waals surface area contributed by atoms with Gasteiger partial charge in [0.25, 0.3) is 0 Å². The first-order valence-electron chi connectivity index (χ1n) is 8.76. The number of carbonyl (C=O) groups is 1. The smallest absolute Gasteiger partial charge is 0.545 e. The molecule has 0 spiro atoms. The number of carboxylic acid groups (broad SMARTS) is 1. The minimum Gasteiger partial charge on any atom is -0.545 e. The Bertz CT molecular complexity index is 768. The maximum atomic E-state index is 11.4. The van der Waals surface area contributed by atoms with Crippen molar-refractivity contribution in [1.29, 1.82) is 0 Å². The van der Waals surface area contributed by atoms with Crippen LogP contribution in [-0.2, 0) is 6.54 Å². The van der Waals surface area contributed by atoms with Gasteiger partial charge in [0.1, 0.15) is 5.82 Å². The zero-order valence-corrected chi connectivity index (χ0v) is 15.0. The number of hydrogen-bond acceptors (Lipinski definition) is 5. The van der Waals surface area contributed by atoms with Crippen LogP contribution in [0.1, 0.15) is 29.0 Å². The van der Waals surface area contributed by atoms with E-state index in [9.17, 15) is 9.90 Å². The number of aryl methyl sites for hydroxylation is 1. The summed E-state index contributed by atoms with van der Waals surface area (Å²) in [5, 5.41) is 15.1. The molecule has 1 atom stereocenters. The Morgan fingerprint density at radius 1 is 1.36 bits per heavy atom. The Morgan fingerprint density at radius 2 is 2.12 bits per heavy atom. The van der Waals surface area contributed by atoms with Crippen LogP contribution in [0.2, 0.25) is 0 Å². The molecular formula is C18H23LiN4O2. The van der Waals surface area contributed by atoms with Crippen molar-refractivity contribution in [3.8, 4) is 0 Å². The van der Waals surface area contributed by atoms with Crippen molar-refractivity contribution in [3.05, 3.63) is 29.6 Å². The molecule has 128 valence electrons. The van der Waals surface area contributed by atoms with Gasteiger partial charge in [-0.25, -0.2) is 4.98 Å². The average Bonchev–Trinajstić information content (AvgIpc) is 2.91. The fourth-order valence-corrected chi connectivity index (χ4v) is 4.30. The Morgan fingerprint density at radius 3 is 2.76 bits per heavy atom. The molecule has 7 heteroatoms. The summed E-state index contributed by atoms with van der Waals surface area (Å²) < 4.78 is 1.99. The number of nitrogens with one attached hydrogen (secondary N) is 1. The molecule has 1 N–H and O–H groups in total. The molecule has 25 heavy (non-hydrogen) atoms. The van der Waals surface area contributed by atoms with Crippen LogP contribution in [0.3, 0.4) is 0 Å². The molecule has 2 aromatic rings. The molecule has 3 fully saturated rings. The zero-order chi connectivity index (χ0) is 16.7. The van der Waals surface area contributed by atoms with Gasteiger partial charge in [0.15, 0.2) is 0 Å². The molecule has 0 unspecified atom stereocenters. The van der Waals surface area contributed by atoms with Crippen LogP contribution in [0.4, 0.5) is 0 Å². The predicted molar refractivity (Wildman–Crippen MR) is 89.8 cm³/mol. The van der Waals surface area contributed by atoms with E-state index in [1.165, 1.54) is 25.9 Å². The summed E-state index contributed by atoms with van der Waals surface area (Å²) in [6.07, 6.45) is 2.58. The molecule has 6 nitrogen and oxygen atoms in total. The third-order valence-electron chi connectivity index (χ3n) is 5.58. The number of rotatable bonds is 5. The second kappa shape index (κ2) is 7.51. The third kappa shape index (κ3) is 3.49. The van der Waals surface area contributed by atoms with Crippen LogP contribution < -0.4 is 29.3 Å². The first-order valence-corrected chi connectivity index (χ1v) is 8.76. The number of fused-ring (bicyclic) bond motifs is 4. The summed E-state index contributed by atoms with van der Waals surface area (Å²) in [5.41, 5.74) is 1.61. The number of piperidine rings is 3. The van der Waals surface area contributed by atoms with E-state index in [1.807, 2.05) is 17.6 Å². The van der Waals surface area contributed by atoms with E-state index in [4.69, 9.17) is 0 Å². The fourth-order valence-electron chi connectivity index (χ4n) is 4.30. The normalized spacial score (nSPS) is 25.1. The van der Waals surface area contributed by atoms with Crippen molar-refractivity contribution in [1.82, 2.24) is 19.8 Å². The van der Waals surface area contributed by atoms with Gasteiger partial charge < -0.3 is 24.7 Å². The molecule has 3 saturated heterocycles. The van der Waals surface area contributed by atoms with Crippen molar-refractivity contribution in [2.45, 2.75) is 32.4 Å². The molecular weight excluding hydrogens is 311 g/mol. The summed E-state index contributed by atoms with van der Waals surface area (Å²) >= 11 is 0. The van der Waals surface area contributed by atoms with Crippen LogP contribution >= 0.6 is 0 Å². The maximum Gasteiger partial charge on any atom is 1.00 e. The number of imidazole rings is 1. The molecule has 1 aromatic heterocycles. The number of nitrogens with zero attached hydrogens (tertiary/aromatic N) is 3. The van der Waals surface area contributed by atoms with E-state index in [0.717, 1.165) is 36.9 Å². The molecule has 1 aromatic carbocycles. The standard InChI is InChI=1S/C18H24N4O2.Li/c1-12-20-15-4-2-3-14(18(23)24)17(15)22(12)10-7-19-16-11-21-8-5-13(16)6-9-21;/h2-4,13,16,19H,5-11H2,1H3,(H,23,24);/q;+1/p-1/t16-;/m0./s1. The van der Waals surface area contributed by atoms with E-state index in [0.29, 0.717) is 11.6 Å². The van der Waals surface area contributed by atoms with Gasteiger partial charge in [0.2, 0.25) is 0 Å². The SMILES string of the molecule is Cc1nc2cccc(C(=O)[O-])c2n1CCN[C@H]1CN2CCC1CC2.[Li+]. The van der Waals surface area contributed by atoms with Crippen LogP contribution in [0.15, 0.2) is 18.2 Å². The second-order valence-corrected chi connectivity index (χ2v) is 6.97. The summed E-state index contributed by atoms with van der Waals surface area (Å²) in [6, 6.07) is 5.72. The molecule has 3 aliphatic rings.